The van der Waals surface area contributed by atoms with Gasteiger partial charge in [0, 0.05) is 13.0 Å². The van der Waals surface area contributed by atoms with Gasteiger partial charge in [-0.2, -0.15) is 0 Å². The monoisotopic (exact) mass is 391 g/mol. The number of benzene rings is 1. The van der Waals surface area contributed by atoms with Gasteiger partial charge in [-0.3, -0.25) is 29.4 Å². The van der Waals surface area contributed by atoms with E-state index in [-0.39, 0.29) is 35.6 Å². The molecule has 2 heterocycles. The van der Waals surface area contributed by atoms with Crippen LogP contribution in [0.1, 0.15) is 52.8 Å². The minimum atomic E-state index is -1.10. The van der Waals surface area contributed by atoms with Gasteiger partial charge in [0.05, 0.1) is 16.8 Å². The van der Waals surface area contributed by atoms with Crippen LogP contribution in [0.25, 0.3) is 0 Å². The maximum Gasteiger partial charge on any atom is 0.264 e. The number of alkyl halides is 1. The molecule has 1 aromatic rings. The summed E-state index contributed by atoms with van der Waals surface area (Å²) >= 11 is 0. The Morgan fingerprint density at radius 1 is 1.14 bits per heavy atom. The van der Waals surface area contributed by atoms with Gasteiger partial charge in [0.25, 0.3) is 11.8 Å². The first-order valence-electron chi connectivity index (χ1n) is 9.29. The van der Waals surface area contributed by atoms with E-state index >= 15 is 0 Å². The molecular weight excluding hydrogens is 372 g/mol. The highest BCUT2D eigenvalue weighted by Crippen LogP contribution is 2.35. The maximum atomic E-state index is 14.4. The van der Waals surface area contributed by atoms with Crippen molar-refractivity contribution in [2.45, 2.75) is 44.3 Å². The van der Waals surface area contributed by atoms with Gasteiger partial charge in [0.2, 0.25) is 11.8 Å². The predicted molar refractivity (Wildman–Crippen MR) is 93.8 cm³/mol. The topological polar surface area (TPSA) is 95.6 Å². The normalized spacial score (nSPS) is 26.8. The van der Waals surface area contributed by atoms with Crippen molar-refractivity contribution < 1.29 is 28.0 Å². The van der Waals surface area contributed by atoms with Gasteiger partial charge in [0.1, 0.15) is 18.0 Å². The Balaban J connectivity index is 1.55. The fourth-order valence-corrected chi connectivity index (χ4v) is 4.00. The number of nitrogens with zero attached hydrogens (tertiary/aromatic N) is 1. The second-order valence-corrected chi connectivity index (χ2v) is 7.44. The zero-order valence-corrected chi connectivity index (χ0v) is 15.0. The van der Waals surface area contributed by atoms with Crippen LogP contribution < -0.4 is 10.6 Å². The molecule has 0 radical (unpaired) electrons. The van der Waals surface area contributed by atoms with Crippen molar-refractivity contribution in [3.05, 3.63) is 29.1 Å². The summed E-state index contributed by atoms with van der Waals surface area (Å²) in [5.74, 6) is -3.08. The predicted octanol–water partition coefficient (Wildman–Crippen LogP) is 1.78. The van der Waals surface area contributed by atoms with E-state index in [9.17, 15) is 28.0 Å². The molecule has 0 spiro atoms. The van der Waals surface area contributed by atoms with E-state index in [1.807, 2.05) is 0 Å². The third-order valence-electron chi connectivity index (χ3n) is 5.59. The van der Waals surface area contributed by atoms with Crippen LogP contribution in [-0.4, -0.2) is 47.3 Å². The summed E-state index contributed by atoms with van der Waals surface area (Å²) in [7, 11) is 0. The fourth-order valence-electron chi connectivity index (χ4n) is 4.00. The summed E-state index contributed by atoms with van der Waals surface area (Å²) in [6.45, 7) is 0.338. The number of amides is 4. The van der Waals surface area contributed by atoms with Crippen LogP contribution in [0.2, 0.25) is 0 Å². The summed E-state index contributed by atoms with van der Waals surface area (Å²) < 4.78 is 27.3. The number of anilines is 1. The molecule has 1 aliphatic carbocycles. The highest BCUT2D eigenvalue weighted by atomic mass is 19.1. The van der Waals surface area contributed by atoms with Gasteiger partial charge in [0.15, 0.2) is 0 Å². The van der Waals surface area contributed by atoms with Crippen LogP contribution in [0.15, 0.2) is 12.1 Å². The van der Waals surface area contributed by atoms with E-state index in [1.165, 1.54) is 6.07 Å². The molecule has 2 fully saturated rings. The quantitative estimate of drug-likeness (QED) is 0.746. The van der Waals surface area contributed by atoms with Crippen molar-refractivity contribution in [2.75, 3.05) is 11.9 Å². The molecule has 148 valence electrons. The Kier molecular flexibility index (Phi) is 4.60. The summed E-state index contributed by atoms with van der Waals surface area (Å²) in [6, 6.07) is 1.22. The number of rotatable bonds is 5. The van der Waals surface area contributed by atoms with Crippen molar-refractivity contribution >= 4 is 29.3 Å². The summed E-state index contributed by atoms with van der Waals surface area (Å²) in [5, 5.41) is 4.99. The van der Waals surface area contributed by atoms with E-state index in [1.54, 1.807) is 0 Å². The average Bonchev–Trinajstić information content (AvgIpc) is 2.86. The molecule has 1 aromatic carbocycles. The largest absolute Gasteiger partial charge is 0.382 e. The Bertz CT molecular complexity index is 882. The molecule has 4 amide bonds. The molecule has 2 N–H and O–H groups in total. The number of carbonyl (C=O) groups excluding carboxylic acids is 4. The first kappa shape index (κ1) is 18.5. The SMILES string of the molecule is O=C1CCC(N2C(=O)c3ccc(F)c(NCCC4CC(F)C4)c3C2=O)C(=O)N1. The van der Waals surface area contributed by atoms with E-state index in [0.29, 0.717) is 25.8 Å². The molecule has 4 rings (SSSR count). The van der Waals surface area contributed by atoms with Gasteiger partial charge in [-0.1, -0.05) is 0 Å². The summed E-state index contributed by atoms with van der Waals surface area (Å²) in [6.07, 6.45) is 0.870. The standard InChI is InChI=1S/C19H19F2N3O4/c20-10-7-9(8-10)5-6-22-16-12(21)2-1-11-15(16)19(28)24(18(11)27)13-3-4-14(25)23-17(13)26/h1-2,9-10,13,22H,3-8H2,(H,23,25,26). The number of carbonyl (C=O) groups is 4. The summed E-state index contributed by atoms with van der Waals surface area (Å²) in [4.78, 5) is 49.9. The molecule has 0 bridgehead atoms. The van der Waals surface area contributed by atoms with Crippen LogP contribution >= 0.6 is 0 Å². The Labute approximate surface area is 159 Å². The lowest BCUT2D eigenvalue weighted by Crippen LogP contribution is -2.54. The van der Waals surface area contributed by atoms with E-state index in [2.05, 4.69) is 10.6 Å². The molecule has 1 atom stereocenters. The molecule has 28 heavy (non-hydrogen) atoms. The van der Waals surface area contributed by atoms with E-state index in [0.717, 1.165) is 11.0 Å². The minimum Gasteiger partial charge on any atom is -0.382 e. The molecule has 9 heteroatoms. The van der Waals surface area contributed by atoms with Gasteiger partial charge >= 0.3 is 0 Å². The fraction of sp³-hybridized carbons (Fsp3) is 0.474. The first-order chi connectivity index (χ1) is 13.4. The summed E-state index contributed by atoms with van der Waals surface area (Å²) in [5.41, 5.74) is -0.167. The zero-order chi connectivity index (χ0) is 20.0. The number of hydrogen-bond donors (Lipinski definition) is 2. The lowest BCUT2D eigenvalue weighted by atomic mass is 9.81. The lowest BCUT2D eigenvalue weighted by molar-refractivity contribution is -0.136. The molecule has 1 saturated heterocycles. The van der Waals surface area contributed by atoms with Crippen molar-refractivity contribution in [2.24, 2.45) is 5.92 Å². The molecule has 7 nitrogen and oxygen atoms in total. The Hall–Kier alpha value is -2.84. The molecule has 0 aromatic heterocycles. The van der Waals surface area contributed by atoms with Gasteiger partial charge in [-0.15, -0.1) is 0 Å². The van der Waals surface area contributed by atoms with E-state index in [4.69, 9.17) is 0 Å². The number of fused-ring (bicyclic) bond motifs is 1. The maximum absolute atomic E-state index is 14.4. The second-order valence-electron chi connectivity index (χ2n) is 7.44. The number of hydrogen-bond acceptors (Lipinski definition) is 5. The molecule has 2 aliphatic heterocycles. The highest BCUT2D eigenvalue weighted by Gasteiger charge is 2.46. The van der Waals surface area contributed by atoms with Crippen LogP contribution in [0.3, 0.4) is 0 Å². The van der Waals surface area contributed by atoms with Gasteiger partial charge in [-0.05, 0) is 43.7 Å². The highest BCUT2D eigenvalue weighted by molar-refractivity contribution is 6.25. The zero-order valence-electron chi connectivity index (χ0n) is 15.0. The smallest absolute Gasteiger partial charge is 0.264 e. The van der Waals surface area contributed by atoms with Crippen LogP contribution in [0.4, 0.5) is 14.5 Å². The second kappa shape index (κ2) is 6.96. The molecule has 1 saturated carbocycles. The lowest BCUT2D eigenvalue weighted by Gasteiger charge is -2.29. The van der Waals surface area contributed by atoms with Gasteiger partial charge < -0.3 is 5.32 Å². The number of imide groups is 2. The van der Waals surface area contributed by atoms with Gasteiger partial charge in [-0.25, -0.2) is 8.78 Å². The number of nitrogens with one attached hydrogen (secondary N) is 2. The van der Waals surface area contributed by atoms with Crippen molar-refractivity contribution in [3.63, 3.8) is 0 Å². The van der Waals surface area contributed by atoms with Crippen LogP contribution in [0, 0.1) is 11.7 Å². The van der Waals surface area contributed by atoms with E-state index < -0.39 is 41.7 Å². The average molecular weight is 391 g/mol. The molecule has 3 aliphatic rings. The number of piperidine rings is 1. The van der Waals surface area contributed by atoms with Crippen LogP contribution in [-0.2, 0) is 9.59 Å². The Morgan fingerprint density at radius 2 is 1.89 bits per heavy atom. The minimum absolute atomic E-state index is 0.0141. The third-order valence-corrected chi connectivity index (χ3v) is 5.59. The third kappa shape index (κ3) is 3.04. The number of halogens is 2. The van der Waals surface area contributed by atoms with Crippen molar-refractivity contribution in [1.29, 1.82) is 0 Å². The van der Waals surface area contributed by atoms with Crippen molar-refractivity contribution in [3.8, 4) is 0 Å². The van der Waals surface area contributed by atoms with Crippen molar-refractivity contribution in [1.82, 2.24) is 10.2 Å². The molecular formula is C19H19F2N3O4. The van der Waals surface area contributed by atoms with Crippen LogP contribution in [0.5, 0.6) is 0 Å². The molecule has 1 unspecified atom stereocenters. The first-order valence-corrected chi connectivity index (χ1v) is 9.29. The Morgan fingerprint density at radius 3 is 2.57 bits per heavy atom.